The van der Waals surface area contributed by atoms with Gasteiger partial charge in [0.15, 0.2) is 0 Å². The van der Waals surface area contributed by atoms with Crippen LogP contribution >= 0.6 is 11.8 Å². The molecule has 0 saturated carbocycles. The Morgan fingerprint density at radius 2 is 1.80 bits per heavy atom. The third kappa shape index (κ3) is 4.94. The molecule has 0 unspecified atom stereocenters. The molecular formula is C22H29N3O4S. The van der Waals surface area contributed by atoms with Crippen molar-refractivity contribution >= 4 is 17.4 Å². The number of rotatable bonds is 6. The van der Waals surface area contributed by atoms with Crippen molar-refractivity contribution < 1.29 is 14.3 Å². The summed E-state index contributed by atoms with van der Waals surface area (Å²) in [6.45, 7) is 6.41. The van der Waals surface area contributed by atoms with E-state index in [4.69, 9.17) is 9.15 Å². The molecule has 7 nitrogen and oxygen atoms in total. The Hall–Kier alpha value is -2.16. The van der Waals surface area contributed by atoms with Gasteiger partial charge in [-0.1, -0.05) is 6.07 Å². The zero-order valence-corrected chi connectivity index (χ0v) is 18.2. The van der Waals surface area contributed by atoms with Gasteiger partial charge in [-0.25, -0.2) is 4.79 Å². The molecule has 162 valence electrons. The van der Waals surface area contributed by atoms with Crippen LogP contribution in [0.1, 0.15) is 11.1 Å². The van der Waals surface area contributed by atoms with Crippen molar-refractivity contribution in [2.75, 3.05) is 62.8 Å². The van der Waals surface area contributed by atoms with Crippen molar-refractivity contribution in [1.29, 1.82) is 0 Å². The molecule has 0 spiro atoms. The fourth-order valence-electron chi connectivity index (χ4n) is 3.99. The summed E-state index contributed by atoms with van der Waals surface area (Å²) < 4.78 is 10.6. The first-order chi connectivity index (χ1) is 14.6. The molecule has 0 atom stereocenters. The molecule has 0 radical (unpaired) electrons. The summed E-state index contributed by atoms with van der Waals surface area (Å²) in [6, 6.07) is 8.11. The molecule has 1 N–H and O–H groups in total. The van der Waals surface area contributed by atoms with Gasteiger partial charge in [0, 0.05) is 81.2 Å². The number of aromatic hydroxyl groups is 1. The maximum atomic E-state index is 12.2. The lowest BCUT2D eigenvalue weighted by Gasteiger charge is -2.36. The minimum absolute atomic E-state index is 0.0969. The Morgan fingerprint density at radius 1 is 1.07 bits per heavy atom. The number of benzene rings is 1. The molecule has 1 aromatic carbocycles. The van der Waals surface area contributed by atoms with Crippen LogP contribution < -0.4 is 15.3 Å². The molecule has 8 heteroatoms. The van der Waals surface area contributed by atoms with Crippen molar-refractivity contribution in [2.45, 2.75) is 13.1 Å². The number of methoxy groups -OCH3 is 1. The Balaban J connectivity index is 1.39. The van der Waals surface area contributed by atoms with Crippen molar-refractivity contribution in [2.24, 2.45) is 0 Å². The molecule has 2 fully saturated rings. The van der Waals surface area contributed by atoms with Gasteiger partial charge in [0.1, 0.15) is 17.8 Å². The summed E-state index contributed by atoms with van der Waals surface area (Å²) >= 11 is 1.92. The van der Waals surface area contributed by atoms with E-state index in [0.717, 1.165) is 62.2 Å². The van der Waals surface area contributed by atoms with Crippen LogP contribution in [0.5, 0.6) is 11.5 Å². The molecule has 2 saturated heterocycles. The smallest absolute Gasteiger partial charge is 0.343 e. The minimum Gasteiger partial charge on any atom is -0.507 e. The summed E-state index contributed by atoms with van der Waals surface area (Å²) in [5.41, 5.74) is 1.79. The molecule has 2 aliphatic heterocycles. The van der Waals surface area contributed by atoms with Crippen LogP contribution in [0.25, 0.3) is 0 Å². The Labute approximate surface area is 181 Å². The highest BCUT2D eigenvalue weighted by Gasteiger charge is 2.22. The van der Waals surface area contributed by atoms with Gasteiger partial charge in [-0.2, -0.15) is 11.8 Å². The molecule has 30 heavy (non-hydrogen) atoms. The molecule has 3 heterocycles. The van der Waals surface area contributed by atoms with Gasteiger partial charge < -0.3 is 19.2 Å². The first kappa shape index (κ1) is 21.1. The van der Waals surface area contributed by atoms with Gasteiger partial charge >= 0.3 is 5.63 Å². The predicted octanol–water partition coefficient (Wildman–Crippen LogP) is 2.23. The van der Waals surface area contributed by atoms with E-state index in [1.54, 1.807) is 7.11 Å². The van der Waals surface area contributed by atoms with E-state index in [0.29, 0.717) is 24.2 Å². The minimum atomic E-state index is -0.433. The van der Waals surface area contributed by atoms with E-state index in [-0.39, 0.29) is 5.75 Å². The topological polar surface area (TPSA) is 69.4 Å². The summed E-state index contributed by atoms with van der Waals surface area (Å²) in [6.07, 6.45) is 1.42. The van der Waals surface area contributed by atoms with Crippen LogP contribution in [-0.4, -0.2) is 72.8 Å². The van der Waals surface area contributed by atoms with Crippen LogP contribution in [0.3, 0.4) is 0 Å². The van der Waals surface area contributed by atoms with Crippen LogP contribution in [0, 0.1) is 0 Å². The number of piperazine rings is 1. The standard InChI is InChI=1S/C22H29N3O4S/c1-28-19-4-2-3-18(13-19)25-7-5-23(6-8-25)14-17-16-29-22(27)20(21(17)26)15-24-9-11-30-12-10-24/h2-4,13,16,26H,5-12,14-15H2,1H3. The quantitative estimate of drug-likeness (QED) is 0.747. The van der Waals surface area contributed by atoms with Crippen molar-refractivity contribution in [1.82, 2.24) is 9.80 Å². The second kappa shape index (κ2) is 9.76. The number of thioether (sulfide) groups is 1. The van der Waals surface area contributed by atoms with E-state index >= 15 is 0 Å². The van der Waals surface area contributed by atoms with Gasteiger partial charge in [-0.05, 0) is 12.1 Å². The third-order valence-corrected chi connectivity index (χ3v) is 6.76. The predicted molar refractivity (Wildman–Crippen MR) is 120 cm³/mol. The average molecular weight is 432 g/mol. The lowest BCUT2D eigenvalue weighted by atomic mass is 10.1. The van der Waals surface area contributed by atoms with Gasteiger partial charge in [0.05, 0.1) is 12.7 Å². The highest BCUT2D eigenvalue weighted by atomic mass is 32.2. The Bertz CT molecular complexity index is 905. The number of hydrogen-bond acceptors (Lipinski definition) is 8. The zero-order chi connectivity index (χ0) is 20.9. The lowest BCUT2D eigenvalue weighted by molar-refractivity contribution is 0.240. The maximum Gasteiger partial charge on any atom is 0.343 e. The Morgan fingerprint density at radius 3 is 2.53 bits per heavy atom. The second-order valence-electron chi connectivity index (χ2n) is 7.73. The summed E-state index contributed by atoms with van der Waals surface area (Å²) in [5.74, 6) is 3.07. The number of anilines is 1. The van der Waals surface area contributed by atoms with E-state index in [1.165, 1.54) is 6.26 Å². The fraction of sp³-hybridized carbons (Fsp3) is 0.500. The zero-order valence-electron chi connectivity index (χ0n) is 17.4. The van der Waals surface area contributed by atoms with Gasteiger partial charge in [0.2, 0.25) is 0 Å². The number of ether oxygens (including phenoxy) is 1. The van der Waals surface area contributed by atoms with E-state index in [1.807, 2.05) is 23.9 Å². The first-order valence-corrected chi connectivity index (χ1v) is 11.5. The molecule has 0 amide bonds. The molecule has 0 aliphatic carbocycles. The molecule has 2 aliphatic rings. The maximum absolute atomic E-state index is 12.2. The van der Waals surface area contributed by atoms with Crippen molar-refractivity contribution in [3.05, 3.63) is 52.1 Å². The highest BCUT2D eigenvalue weighted by Crippen LogP contribution is 2.26. The van der Waals surface area contributed by atoms with E-state index < -0.39 is 5.63 Å². The van der Waals surface area contributed by atoms with E-state index in [2.05, 4.69) is 26.8 Å². The number of hydrogen-bond donors (Lipinski definition) is 1. The largest absolute Gasteiger partial charge is 0.507 e. The van der Waals surface area contributed by atoms with Crippen LogP contribution in [0.15, 0.2) is 39.7 Å². The highest BCUT2D eigenvalue weighted by molar-refractivity contribution is 7.99. The molecule has 4 rings (SSSR count). The van der Waals surface area contributed by atoms with Gasteiger partial charge in [-0.3, -0.25) is 9.80 Å². The first-order valence-electron chi connectivity index (χ1n) is 10.4. The second-order valence-corrected chi connectivity index (χ2v) is 8.95. The normalized spacial score (nSPS) is 18.5. The summed E-state index contributed by atoms with van der Waals surface area (Å²) in [4.78, 5) is 19.1. The van der Waals surface area contributed by atoms with Crippen molar-refractivity contribution in [3.63, 3.8) is 0 Å². The molecule has 0 bridgehead atoms. The third-order valence-electron chi connectivity index (χ3n) is 5.81. The molecule has 2 aromatic rings. The van der Waals surface area contributed by atoms with Gasteiger partial charge in [0.25, 0.3) is 0 Å². The van der Waals surface area contributed by atoms with Crippen LogP contribution in [0.4, 0.5) is 5.69 Å². The molecule has 1 aromatic heterocycles. The monoisotopic (exact) mass is 431 g/mol. The number of nitrogens with zero attached hydrogens (tertiary/aromatic N) is 3. The van der Waals surface area contributed by atoms with Crippen LogP contribution in [0.2, 0.25) is 0 Å². The lowest BCUT2D eigenvalue weighted by Crippen LogP contribution is -2.46. The summed E-state index contributed by atoms with van der Waals surface area (Å²) in [7, 11) is 1.68. The molecular weight excluding hydrogens is 402 g/mol. The Kier molecular flexibility index (Phi) is 6.86. The van der Waals surface area contributed by atoms with Crippen molar-refractivity contribution in [3.8, 4) is 11.5 Å². The average Bonchev–Trinajstić information content (AvgIpc) is 2.80. The van der Waals surface area contributed by atoms with Gasteiger partial charge in [-0.15, -0.1) is 0 Å². The van der Waals surface area contributed by atoms with Crippen LogP contribution in [-0.2, 0) is 13.1 Å². The van der Waals surface area contributed by atoms with E-state index in [9.17, 15) is 9.90 Å². The SMILES string of the molecule is COc1cccc(N2CCN(Cc3coc(=O)c(CN4CCSCC4)c3O)CC2)c1. The fourth-order valence-corrected chi connectivity index (χ4v) is 4.97. The summed E-state index contributed by atoms with van der Waals surface area (Å²) in [5, 5.41) is 10.8.